The lowest BCUT2D eigenvalue weighted by Crippen LogP contribution is -2.10. The van der Waals surface area contributed by atoms with Crippen molar-refractivity contribution < 1.29 is 4.79 Å². The summed E-state index contributed by atoms with van der Waals surface area (Å²) in [6.07, 6.45) is 3.98. The molecule has 11 heavy (non-hydrogen) atoms. The third-order valence-electron chi connectivity index (χ3n) is 1.68. The molecule has 64 valence electrons. The minimum absolute atomic E-state index is 0.166. The van der Waals surface area contributed by atoms with Gasteiger partial charge in [0.1, 0.15) is 0 Å². The number of hydrogen-bond donors (Lipinski definition) is 1. The van der Waals surface area contributed by atoms with Gasteiger partial charge in [0.2, 0.25) is 5.91 Å². The van der Waals surface area contributed by atoms with Crippen molar-refractivity contribution in [2.75, 3.05) is 5.75 Å². The van der Waals surface area contributed by atoms with E-state index in [1.807, 2.05) is 21.6 Å². The van der Waals surface area contributed by atoms with Gasteiger partial charge in [-0.2, -0.15) is 0 Å². The fourth-order valence-corrected chi connectivity index (χ4v) is 4.10. The molecule has 0 aromatic carbocycles. The van der Waals surface area contributed by atoms with Crippen molar-refractivity contribution in [3.05, 3.63) is 0 Å². The van der Waals surface area contributed by atoms with Gasteiger partial charge in [-0.25, -0.2) is 0 Å². The maximum Gasteiger partial charge on any atom is 0.217 e. The van der Waals surface area contributed by atoms with E-state index < -0.39 is 0 Å². The predicted molar refractivity (Wildman–Crippen MR) is 51.5 cm³/mol. The monoisotopic (exact) mass is 191 g/mol. The number of nitrogens with two attached hydrogens (primary N) is 1. The largest absolute Gasteiger partial charge is 0.370 e. The van der Waals surface area contributed by atoms with Crippen LogP contribution in [0.25, 0.3) is 0 Å². The van der Waals surface area contributed by atoms with Crippen LogP contribution in [-0.4, -0.2) is 16.9 Å². The Labute approximate surface area is 75.1 Å². The molecule has 1 aliphatic heterocycles. The first-order valence-electron chi connectivity index (χ1n) is 3.85. The number of hydrogen-bond acceptors (Lipinski definition) is 3. The summed E-state index contributed by atoms with van der Waals surface area (Å²) in [6, 6.07) is 0. The van der Waals surface area contributed by atoms with E-state index in [0.29, 0.717) is 6.42 Å². The van der Waals surface area contributed by atoms with Crippen LogP contribution in [0.3, 0.4) is 0 Å². The van der Waals surface area contributed by atoms with Gasteiger partial charge < -0.3 is 5.73 Å². The van der Waals surface area contributed by atoms with Crippen LogP contribution < -0.4 is 5.73 Å². The second kappa shape index (κ2) is 4.93. The molecule has 0 bridgehead atoms. The Morgan fingerprint density at radius 1 is 1.64 bits per heavy atom. The summed E-state index contributed by atoms with van der Waals surface area (Å²) in [7, 11) is 3.90. The number of amides is 1. The summed E-state index contributed by atoms with van der Waals surface area (Å²) in [4.78, 5) is 10.4. The lowest BCUT2D eigenvalue weighted by molar-refractivity contribution is -0.118. The molecule has 0 saturated carbocycles. The summed E-state index contributed by atoms with van der Waals surface area (Å²) in [5.74, 6) is 1.10. The molecule has 1 rings (SSSR count). The van der Waals surface area contributed by atoms with E-state index in [0.717, 1.165) is 18.1 Å². The maximum atomic E-state index is 10.4. The van der Waals surface area contributed by atoms with Crippen molar-refractivity contribution in [2.45, 2.75) is 30.9 Å². The molecule has 0 radical (unpaired) electrons. The molecule has 1 saturated heterocycles. The molecule has 1 atom stereocenters. The van der Waals surface area contributed by atoms with Gasteiger partial charge in [0, 0.05) is 17.4 Å². The van der Waals surface area contributed by atoms with Crippen LogP contribution in [0.4, 0.5) is 0 Å². The zero-order valence-electron chi connectivity index (χ0n) is 6.41. The second-order valence-corrected chi connectivity index (χ2v) is 5.47. The zero-order valence-corrected chi connectivity index (χ0v) is 8.05. The topological polar surface area (TPSA) is 43.1 Å². The van der Waals surface area contributed by atoms with Crippen LogP contribution >= 0.6 is 21.6 Å². The van der Waals surface area contributed by atoms with Gasteiger partial charge in [0.15, 0.2) is 0 Å². The van der Waals surface area contributed by atoms with Gasteiger partial charge in [0.25, 0.3) is 0 Å². The first-order chi connectivity index (χ1) is 5.29. The van der Waals surface area contributed by atoms with Crippen LogP contribution in [0.1, 0.15) is 25.7 Å². The summed E-state index contributed by atoms with van der Waals surface area (Å²) < 4.78 is 0. The minimum Gasteiger partial charge on any atom is -0.370 e. The van der Waals surface area contributed by atoms with Gasteiger partial charge in [-0.3, -0.25) is 4.79 Å². The van der Waals surface area contributed by atoms with E-state index in [1.54, 1.807) is 0 Å². The average molecular weight is 191 g/mol. The highest BCUT2D eigenvalue weighted by Crippen LogP contribution is 2.39. The van der Waals surface area contributed by atoms with E-state index in [-0.39, 0.29) is 5.91 Å². The molecule has 1 heterocycles. The summed E-state index contributed by atoms with van der Waals surface area (Å²) in [5, 5.41) is 0.777. The Morgan fingerprint density at radius 3 is 3.00 bits per heavy atom. The highest BCUT2D eigenvalue weighted by atomic mass is 33.1. The molecular formula is C7H13NOS2. The van der Waals surface area contributed by atoms with E-state index >= 15 is 0 Å². The molecule has 1 aliphatic rings. The van der Waals surface area contributed by atoms with Crippen LogP contribution in [0.2, 0.25) is 0 Å². The number of carbonyl (C=O) groups is 1. The first-order valence-corrected chi connectivity index (χ1v) is 6.24. The smallest absolute Gasteiger partial charge is 0.217 e. The third kappa shape index (κ3) is 3.91. The summed E-state index contributed by atoms with van der Waals surface area (Å²) in [5.41, 5.74) is 5.03. The summed E-state index contributed by atoms with van der Waals surface area (Å²) >= 11 is 0. The Morgan fingerprint density at radius 2 is 2.45 bits per heavy atom. The Bertz CT molecular complexity index is 134. The lowest BCUT2D eigenvalue weighted by Gasteiger charge is -2.04. The fourth-order valence-electron chi connectivity index (χ4n) is 1.07. The van der Waals surface area contributed by atoms with Crippen molar-refractivity contribution in [3.8, 4) is 0 Å². The molecular weight excluding hydrogens is 178 g/mol. The molecule has 4 heteroatoms. The Kier molecular flexibility index (Phi) is 4.15. The van der Waals surface area contributed by atoms with Crippen LogP contribution in [0, 0.1) is 0 Å². The van der Waals surface area contributed by atoms with Crippen LogP contribution in [0.5, 0.6) is 0 Å². The number of primary amides is 1. The molecule has 0 aromatic rings. The van der Waals surface area contributed by atoms with Gasteiger partial charge in [-0.15, -0.1) is 0 Å². The number of rotatable bonds is 4. The molecule has 2 nitrogen and oxygen atoms in total. The van der Waals surface area contributed by atoms with E-state index in [4.69, 9.17) is 5.73 Å². The van der Waals surface area contributed by atoms with Crippen molar-refractivity contribution in [1.82, 2.24) is 0 Å². The van der Waals surface area contributed by atoms with Crippen LogP contribution in [-0.2, 0) is 4.79 Å². The average Bonchev–Trinajstić information content (AvgIpc) is 2.39. The molecule has 1 unspecified atom stereocenters. The quantitative estimate of drug-likeness (QED) is 0.689. The second-order valence-electron chi connectivity index (χ2n) is 2.69. The van der Waals surface area contributed by atoms with Crippen molar-refractivity contribution in [2.24, 2.45) is 5.73 Å². The lowest BCUT2D eigenvalue weighted by atomic mass is 10.1. The van der Waals surface area contributed by atoms with E-state index in [1.165, 1.54) is 12.2 Å². The van der Waals surface area contributed by atoms with Gasteiger partial charge >= 0.3 is 0 Å². The van der Waals surface area contributed by atoms with Gasteiger partial charge in [-0.05, 0) is 19.3 Å². The SMILES string of the molecule is NC(=O)CCCC1CCSS1. The molecule has 1 fully saturated rings. The maximum absolute atomic E-state index is 10.4. The Hall–Kier alpha value is 0.170. The zero-order chi connectivity index (χ0) is 8.10. The predicted octanol–water partition coefficient (Wildman–Crippen LogP) is 1.80. The highest BCUT2D eigenvalue weighted by molar-refractivity contribution is 8.77. The molecule has 0 spiro atoms. The number of carbonyl (C=O) groups excluding carboxylic acids is 1. The molecule has 1 amide bonds. The van der Waals surface area contributed by atoms with Gasteiger partial charge in [0.05, 0.1) is 0 Å². The highest BCUT2D eigenvalue weighted by Gasteiger charge is 2.15. The molecule has 0 aromatic heterocycles. The standard InChI is InChI=1S/C7H13NOS2/c8-7(9)3-1-2-6-4-5-10-11-6/h6H,1-5H2,(H2,8,9). The fraction of sp³-hybridized carbons (Fsp3) is 0.857. The Balaban J connectivity index is 1.98. The first kappa shape index (κ1) is 9.26. The van der Waals surface area contributed by atoms with Crippen molar-refractivity contribution in [3.63, 3.8) is 0 Å². The summed E-state index contributed by atoms with van der Waals surface area (Å²) in [6.45, 7) is 0. The van der Waals surface area contributed by atoms with Crippen molar-refractivity contribution >= 4 is 27.5 Å². The molecule has 0 aliphatic carbocycles. The molecule has 2 N–H and O–H groups in total. The normalized spacial score (nSPS) is 23.8. The van der Waals surface area contributed by atoms with E-state index in [2.05, 4.69) is 0 Å². The third-order valence-corrected chi connectivity index (χ3v) is 4.68. The van der Waals surface area contributed by atoms with Crippen molar-refractivity contribution in [1.29, 1.82) is 0 Å². The minimum atomic E-state index is -0.166. The van der Waals surface area contributed by atoms with E-state index in [9.17, 15) is 4.79 Å². The van der Waals surface area contributed by atoms with Crippen LogP contribution in [0.15, 0.2) is 0 Å². The van der Waals surface area contributed by atoms with Gasteiger partial charge in [-0.1, -0.05) is 21.6 Å².